The third-order valence-electron chi connectivity index (χ3n) is 2.69. The third kappa shape index (κ3) is 3.40. The summed E-state index contributed by atoms with van der Waals surface area (Å²) >= 11 is 1.83. The molecular formula is C12H18N2OS. The summed E-state index contributed by atoms with van der Waals surface area (Å²) in [5.74, 6) is 1.09. The number of nitrogens with two attached hydrogens (primary N) is 1. The van der Waals surface area contributed by atoms with E-state index in [0.717, 1.165) is 44.3 Å². The van der Waals surface area contributed by atoms with Crippen LogP contribution in [0, 0.1) is 0 Å². The van der Waals surface area contributed by atoms with Crippen molar-refractivity contribution in [3.05, 3.63) is 24.3 Å². The van der Waals surface area contributed by atoms with Gasteiger partial charge in [-0.3, -0.25) is 4.90 Å². The summed E-state index contributed by atoms with van der Waals surface area (Å²) in [5, 5.41) is 0. The molecule has 4 heteroatoms. The molecule has 88 valence electrons. The lowest BCUT2D eigenvalue weighted by Crippen LogP contribution is -2.37. The number of morpholine rings is 1. The van der Waals surface area contributed by atoms with Gasteiger partial charge in [-0.1, -0.05) is 12.1 Å². The maximum absolute atomic E-state index is 5.89. The van der Waals surface area contributed by atoms with Crippen molar-refractivity contribution in [2.75, 3.05) is 44.3 Å². The van der Waals surface area contributed by atoms with Gasteiger partial charge in [-0.15, -0.1) is 11.8 Å². The van der Waals surface area contributed by atoms with E-state index in [4.69, 9.17) is 10.5 Å². The minimum Gasteiger partial charge on any atom is -0.398 e. The molecule has 2 N–H and O–H groups in total. The highest BCUT2D eigenvalue weighted by atomic mass is 32.2. The van der Waals surface area contributed by atoms with Gasteiger partial charge in [-0.25, -0.2) is 0 Å². The fraction of sp³-hybridized carbons (Fsp3) is 0.500. The molecule has 0 bridgehead atoms. The van der Waals surface area contributed by atoms with Crippen LogP contribution < -0.4 is 5.73 Å². The maximum atomic E-state index is 5.89. The van der Waals surface area contributed by atoms with Crippen LogP contribution in [-0.4, -0.2) is 43.5 Å². The molecule has 0 aliphatic carbocycles. The summed E-state index contributed by atoms with van der Waals surface area (Å²) in [7, 11) is 0. The zero-order chi connectivity index (χ0) is 11.2. The molecule has 1 aliphatic heterocycles. The van der Waals surface area contributed by atoms with E-state index in [1.54, 1.807) is 0 Å². The van der Waals surface area contributed by atoms with E-state index < -0.39 is 0 Å². The molecule has 16 heavy (non-hydrogen) atoms. The van der Waals surface area contributed by atoms with Gasteiger partial charge >= 0.3 is 0 Å². The second kappa shape index (κ2) is 6.13. The van der Waals surface area contributed by atoms with E-state index in [2.05, 4.69) is 11.0 Å². The van der Waals surface area contributed by atoms with Crippen molar-refractivity contribution in [2.45, 2.75) is 4.90 Å². The van der Waals surface area contributed by atoms with Crippen LogP contribution in [0.15, 0.2) is 29.2 Å². The molecule has 0 radical (unpaired) electrons. The smallest absolute Gasteiger partial charge is 0.0594 e. The van der Waals surface area contributed by atoms with E-state index in [0.29, 0.717) is 0 Å². The predicted octanol–water partition coefficient (Wildman–Crippen LogP) is 1.69. The van der Waals surface area contributed by atoms with E-state index in [1.807, 2.05) is 30.0 Å². The normalized spacial score (nSPS) is 17.5. The van der Waals surface area contributed by atoms with Gasteiger partial charge in [0.05, 0.1) is 13.2 Å². The average Bonchev–Trinajstić information content (AvgIpc) is 2.33. The van der Waals surface area contributed by atoms with Gasteiger partial charge in [0.1, 0.15) is 0 Å². The van der Waals surface area contributed by atoms with Gasteiger partial charge in [-0.2, -0.15) is 0 Å². The molecular weight excluding hydrogens is 220 g/mol. The first-order chi connectivity index (χ1) is 7.86. The molecule has 0 saturated carbocycles. The molecule has 0 spiro atoms. The summed E-state index contributed by atoms with van der Waals surface area (Å²) in [5.41, 5.74) is 6.77. The second-order valence-corrected chi connectivity index (χ2v) is 4.98. The van der Waals surface area contributed by atoms with E-state index in [-0.39, 0.29) is 0 Å². The van der Waals surface area contributed by atoms with Crippen LogP contribution >= 0.6 is 11.8 Å². The van der Waals surface area contributed by atoms with E-state index in [1.165, 1.54) is 4.90 Å². The fourth-order valence-electron chi connectivity index (χ4n) is 1.72. The van der Waals surface area contributed by atoms with Gasteiger partial charge < -0.3 is 10.5 Å². The molecule has 0 unspecified atom stereocenters. The Labute approximate surface area is 101 Å². The van der Waals surface area contributed by atoms with Crippen LogP contribution in [0.2, 0.25) is 0 Å². The lowest BCUT2D eigenvalue weighted by molar-refractivity contribution is 0.0410. The summed E-state index contributed by atoms with van der Waals surface area (Å²) in [4.78, 5) is 3.63. The molecule has 1 fully saturated rings. The van der Waals surface area contributed by atoms with Crippen LogP contribution in [0.25, 0.3) is 0 Å². The highest BCUT2D eigenvalue weighted by Gasteiger charge is 2.09. The Kier molecular flexibility index (Phi) is 4.51. The van der Waals surface area contributed by atoms with Crippen molar-refractivity contribution >= 4 is 17.4 Å². The van der Waals surface area contributed by atoms with E-state index in [9.17, 15) is 0 Å². The molecule has 1 saturated heterocycles. The molecule has 1 aliphatic rings. The second-order valence-electron chi connectivity index (χ2n) is 3.84. The SMILES string of the molecule is Nc1ccccc1SCCN1CCOCC1. The Morgan fingerprint density at radius 1 is 1.25 bits per heavy atom. The van der Waals surface area contributed by atoms with Crippen LogP contribution in [0.4, 0.5) is 5.69 Å². The number of anilines is 1. The molecule has 0 amide bonds. The first-order valence-electron chi connectivity index (χ1n) is 5.63. The number of ether oxygens (including phenoxy) is 1. The average molecular weight is 238 g/mol. The molecule has 2 rings (SSSR count). The summed E-state index contributed by atoms with van der Waals surface area (Å²) in [6.07, 6.45) is 0. The van der Waals surface area contributed by atoms with Crippen LogP contribution in [-0.2, 0) is 4.74 Å². The number of nitrogen functional groups attached to an aromatic ring is 1. The quantitative estimate of drug-likeness (QED) is 0.640. The molecule has 1 aromatic rings. The van der Waals surface area contributed by atoms with Gasteiger partial charge in [0.25, 0.3) is 0 Å². The molecule has 1 aromatic carbocycles. The minimum atomic E-state index is 0.873. The number of nitrogens with zero attached hydrogens (tertiary/aromatic N) is 1. The van der Waals surface area contributed by atoms with Crippen LogP contribution in [0.5, 0.6) is 0 Å². The number of para-hydroxylation sites is 1. The summed E-state index contributed by atoms with van der Waals surface area (Å²) in [6, 6.07) is 8.05. The Morgan fingerprint density at radius 3 is 2.75 bits per heavy atom. The van der Waals surface area contributed by atoms with Gasteiger partial charge in [0, 0.05) is 36.0 Å². The number of rotatable bonds is 4. The highest BCUT2D eigenvalue weighted by Crippen LogP contribution is 2.24. The van der Waals surface area contributed by atoms with Crippen molar-refractivity contribution in [3.63, 3.8) is 0 Å². The summed E-state index contributed by atoms with van der Waals surface area (Å²) < 4.78 is 5.31. The van der Waals surface area contributed by atoms with Crippen molar-refractivity contribution in [1.82, 2.24) is 4.90 Å². The molecule has 1 heterocycles. The Bertz CT molecular complexity index is 327. The number of thioether (sulfide) groups is 1. The largest absolute Gasteiger partial charge is 0.398 e. The van der Waals surface area contributed by atoms with Gasteiger partial charge in [-0.05, 0) is 12.1 Å². The number of benzene rings is 1. The number of hydrogen-bond acceptors (Lipinski definition) is 4. The minimum absolute atomic E-state index is 0.873. The van der Waals surface area contributed by atoms with Crippen molar-refractivity contribution in [3.8, 4) is 0 Å². The van der Waals surface area contributed by atoms with Crippen LogP contribution in [0.1, 0.15) is 0 Å². The Balaban J connectivity index is 1.73. The predicted molar refractivity (Wildman–Crippen MR) is 68.8 cm³/mol. The summed E-state index contributed by atoms with van der Waals surface area (Å²) in [6.45, 7) is 4.98. The topological polar surface area (TPSA) is 38.5 Å². The zero-order valence-electron chi connectivity index (χ0n) is 9.39. The first kappa shape index (κ1) is 11.8. The standard InChI is InChI=1S/C12H18N2OS/c13-11-3-1-2-4-12(11)16-10-7-14-5-8-15-9-6-14/h1-4H,5-10,13H2. The Morgan fingerprint density at radius 2 is 2.00 bits per heavy atom. The molecule has 0 aromatic heterocycles. The van der Waals surface area contributed by atoms with Crippen molar-refractivity contribution < 1.29 is 4.74 Å². The fourth-order valence-corrected chi connectivity index (χ4v) is 2.70. The van der Waals surface area contributed by atoms with Crippen molar-refractivity contribution in [2.24, 2.45) is 0 Å². The lowest BCUT2D eigenvalue weighted by Gasteiger charge is -2.26. The van der Waals surface area contributed by atoms with Gasteiger partial charge in [0.15, 0.2) is 0 Å². The third-order valence-corrected chi connectivity index (χ3v) is 3.76. The molecule has 3 nitrogen and oxygen atoms in total. The highest BCUT2D eigenvalue weighted by molar-refractivity contribution is 7.99. The zero-order valence-corrected chi connectivity index (χ0v) is 10.2. The van der Waals surface area contributed by atoms with E-state index >= 15 is 0 Å². The number of hydrogen-bond donors (Lipinski definition) is 1. The Hall–Kier alpha value is -0.710. The maximum Gasteiger partial charge on any atom is 0.0594 e. The lowest BCUT2D eigenvalue weighted by atomic mass is 10.3. The van der Waals surface area contributed by atoms with Gasteiger partial charge in [0.2, 0.25) is 0 Å². The van der Waals surface area contributed by atoms with Crippen molar-refractivity contribution in [1.29, 1.82) is 0 Å². The van der Waals surface area contributed by atoms with Crippen LogP contribution in [0.3, 0.4) is 0 Å². The first-order valence-corrected chi connectivity index (χ1v) is 6.62. The molecule has 0 atom stereocenters. The monoisotopic (exact) mass is 238 g/mol.